The minimum atomic E-state index is -1.43. The minimum Gasteiger partial charge on any atom is -0.493 e. The van der Waals surface area contributed by atoms with Gasteiger partial charge in [-0.05, 0) is 136 Å². The predicted molar refractivity (Wildman–Crippen MR) is 250 cm³/mol. The molecule has 1 spiro atoms. The quantitative estimate of drug-likeness (QED) is 0.0349. The van der Waals surface area contributed by atoms with Gasteiger partial charge in [0.2, 0.25) is 0 Å². The Morgan fingerprint density at radius 1 is 0.712 bits per heavy atom. The van der Waals surface area contributed by atoms with Gasteiger partial charge in [-0.2, -0.15) is 21.3 Å². The molecule has 4 aromatic carbocycles. The second-order valence-electron chi connectivity index (χ2n) is 18.9. The number of likely N-dealkylation sites (tertiary alicyclic amines) is 1. The highest BCUT2D eigenvalue weighted by atomic mass is 35.6. The van der Waals surface area contributed by atoms with E-state index in [1.807, 2.05) is 12.1 Å². The molecule has 1 fully saturated rings. The molecule has 0 aromatic heterocycles. The molecule has 2 heterocycles. The van der Waals surface area contributed by atoms with Crippen molar-refractivity contribution in [1.82, 2.24) is 4.90 Å². The largest absolute Gasteiger partial charge is 0.493 e. The zero-order valence-electron chi connectivity index (χ0n) is 37.4. The van der Waals surface area contributed by atoms with E-state index in [4.69, 9.17) is 30.8 Å². The molecule has 0 atom stereocenters. The molecule has 0 N–H and O–H groups in total. The Morgan fingerprint density at radius 2 is 1.22 bits per heavy atom. The van der Waals surface area contributed by atoms with E-state index in [9.17, 15) is 4.79 Å². The molecular weight excluding hydrogens is 766 g/mol. The molecule has 1 saturated heterocycles. The molecular formula is C51H68ClN3O3Si. The molecule has 0 aliphatic carbocycles. The Morgan fingerprint density at radius 3 is 1.73 bits per heavy atom. The summed E-state index contributed by atoms with van der Waals surface area (Å²) in [7, 11) is -1.43. The van der Waals surface area contributed by atoms with E-state index in [-0.39, 0.29) is 11.5 Å². The number of halogens is 1. The summed E-state index contributed by atoms with van der Waals surface area (Å²) in [6, 6.07) is 24.5. The van der Waals surface area contributed by atoms with Gasteiger partial charge in [-0.25, -0.2) is 4.79 Å². The number of carbonyl (C=O) groups is 1. The zero-order valence-corrected chi connectivity index (χ0v) is 39.2. The molecule has 0 bridgehead atoms. The van der Waals surface area contributed by atoms with E-state index < -0.39 is 13.0 Å². The number of fused-ring (bicyclic) bond motifs is 2. The number of hydrogen-bond acceptors (Lipinski definition) is 6. The highest BCUT2D eigenvalue weighted by molar-refractivity contribution is 7.19. The van der Waals surface area contributed by atoms with Gasteiger partial charge in [-0.1, -0.05) is 101 Å². The monoisotopic (exact) mass is 833 g/mol. The SMILES string of the molecule is Cc1cccc(C)c1-c1cc(N=Nc2ccc(OCCCCCCCCCCC[Si](C)(C)Cl)c3c2C2(CCN(C(C)(C)C)CC2)OC3=O)cc(-c2c(C)cccc2C)c1. The van der Waals surface area contributed by atoms with Crippen LogP contribution >= 0.6 is 11.1 Å². The number of nitrogens with zero attached hydrogens (tertiary/aromatic N) is 3. The smallest absolute Gasteiger partial charge is 0.343 e. The van der Waals surface area contributed by atoms with E-state index in [0.717, 1.165) is 48.3 Å². The van der Waals surface area contributed by atoms with Crippen molar-refractivity contribution in [1.29, 1.82) is 0 Å². The van der Waals surface area contributed by atoms with Crippen LogP contribution in [0.15, 0.2) is 77.0 Å². The summed E-state index contributed by atoms with van der Waals surface area (Å²) in [5.74, 6) is 0.277. The third-order valence-electron chi connectivity index (χ3n) is 12.5. The van der Waals surface area contributed by atoms with Gasteiger partial charge in [0.05, 0.1) is 18.0 Å². The molecule has 0 amide bonds. The summed E-state index contributed by atoms with van der Waals surface area (Å²) in [6.07, 6.45) is 12.4. The van der Waals surface area contributed by atoms with E-state index in [2.05, 4.69) is 121 Å². The fourth-order valence-corrected chi connectivity index (χ4v) is 10.8. The third-order valence-corrected chi connectivity index (χ3v) is 14.6. The molecule has 316 valence electrons. The fourth-order valence-electron chi connectivity index (χ4n) is 9.29. The molecule has 0 unspecified atom stereocenters. The van der Waals surface area contributed by atoms with Gasteiger partial charge in [0, 0.05) is 37.0 Å². The van der Waals surface area contributed by atoms with Crippen LogP contribution in [0.5, 0.6) is 5.75 Å². The second-order valence-corrected chi connectivity index (χ2v) is 25.9. The van der Waals surface area contributed by atoms with Crippen molar-refractivity contribution < 1.29 is 14.3 Å². The molecule has 6 nitrogen and oxygen atoms in total. The highest BCUT2D eigenvalue weighted by Crippen LogP contribution is 2.52. The summed E-state index contributed by atoms with van der Waals surface area (Å²) in [5.41, 5.74) is 11.5. The van der Waals surface area contributed by atoms with Gasteiger partial charge in [0.1, 0.15) is 24.3 Å². The summed E-state index contributed by atoms with van der Waals surface area (Å²) in [5, 5.41) is 9.97. The second kappa shape index (κ2) is 19.3. The van der Waals surface area contributed by atoms with Crippen molar-refractivity contribution in [3.63, 3.8) is 0 Å². The summed E-state index contributed by atoms with van der Waals surface area (Å²) < 4.78 is 12.9. The number of benzene rings is 4. The number of esters is 1. The van der Waals surface area contributed by atoms with Crippen molar-refractivity contribution in [3.05, 3.63) is 100 Å². The number of hydrogen-bond donors (Lipinski definition) is 0. The van der Waals surface area contributed by atoms with E-state index in [0.29, 0.717) is 36.4 Å². The molecule has 8 heteroatoms. The van der Waals surface area contributed by atoms with Crippen LogP contribution in [0.3, 0.4) is 0 Å². The molecule has 2 aliphatic rings. The number of carbonyl (C=O) groups excluding carboxylic acids is 1. The number of unbranched alkanes of at least 4 members (excludes halogenated alkanes) is 8. The van der Waals surface area contributed by atoms with Crippen LogP contribution in [0, 0.1) is 27.7 Å². The van der Waals surface area contributed by atoms with E-state index >= 15 is 0 Å². The van der Waals surface area contributed by atoms with Crippen molar-refractivity contribution in [2.75, 3.05) is 19.7 Å². The number of ether oxygens (including phenoxy) is 2. The van der Waals surface area contributed by atoms with E-state index in [1.165, 1.54) is 84.4 Å². The normalized spacial score (nSPS) is 15.6. The lowest BCUT2D eigenvalue weighted by Gasteiger charge is -2.44. The standard InChI is InChI=1S/C51H68ClN3O3Si/c1-36-21-19-22-37(2)45(36)40-33-41(46-38(3)23-20-24-39(46)4)35-42(34-40)53-54-43-25-26-44(57-31-17-15-13-11-10-12-14-16-18-32-59(8,9)52)47-48(43)51(58-49(47)56)27-29-55(30-28-51)50(5,6)7/h19-26,33-35H,10-18,27-32H2,1-9H3. The topological polar surface area (TPSA) is 63.5 Å². The van der Waals surface area contributed by atoms with Crippen LogP contribution in [-0.2, 0) is 10.3 Å². The van der Waals surface area contributed by atoms with Gasteiger partial charge in [0.25, 0.3) is 0 Å². The van der Waals surface area contributed by atoms with E-state index in [1.54, 1.807) is 0 Å². The number of aryl methyl sites for hydroxylation is 4. The first-order valence-electron chi connectivity index (χ1n) is 22.2. The van der Waals surface area contributed by atoms with Crippen LogP contribution < -0.4 is 4.74 Å². The average Bonchev–Trinajstić information content (AvgIpc) is 3.45. The third kappa shape index (κ3) is 11.1. The zero-order chi connectivity index (χ0) is 42.4. The summed E-state index contributed by atoms with van der Waals surface area (Å²) in [6.45, 7) is 22.1. The molecule has 0 radical (unpaired) electrons. The van der Waals surface area contributed by atoms with Gasteiger partial charge in [-0.3, -0.25) is 4.90 Å². The lowest BCUT2D eigenvalue weighted by atomic mass is 9.81. The van der Waals surface area contributed by atoms with Crippen molar-refractivity contribution >= 4 is 35.8 Å². The van der Waals surface area contributed by atoms with Crippen LogP contribution in [0.4, 0.5) is 11.4 Å². The molecule has 4 aromatic rings. The lowest BCUT2D eigenvalue weighted by Crippen LogP contribution is -2.50. The van der Waals surface area contributed by atoms with Gasteiger partial charge >= 0.3 is 5.97 Å². The Hall–Kier alpha value is -3.78. The van der Waals surface area contributed by atoms with Crippen molar-refractivity contribution in [2.24, 2.45) is 10.2 Å². The van der Waals surface area contributed by atoms with Crippen LogP contribution in [-0.4, -0.2) is 43.5 Å². The molecule has 0 saturated carbocycles. The van der Waals surface area contributed by atoms with Crippen molar-refractivity contribution in [3.8, 4) is 28.0 Å². The molecule has 59 heavy (non-hydrogen) atoms. The van der Waals surface area contributed by atoms with Crippen LogP contribution in [0.1, 0.15) is 130 Å². The molecule has 2 aliphatic heterocycles. The number of rotatable bonds is 17. The lowest BCUT2D eigenvalue weighted by molar-refractivity contribution is -0.0560. The fraction of sp³-hybridized carbons (Fsp3) is 0.510. The first-order chi connectivity index (χ1) is 28.1. The maximum Gasteiger partial charge on any atom is 0.343 e. The predicted octanol–water partition coefficient (Wildman–Crippen LogP) is 15.3. The Balaban J connectivity index is 1.25. The maximum absolute atomic E-state index is 14.0. The number of piperidine rings is 1. The Labute approximate surface area is 360 Å². The molecule has 6 rings (SSSR count). The summed E-state index contributed by atoms with van der Waals surface area (Å²) in [4.78, 5) is 16.4. The first kappa shape index (κ1) is 44.8. The Kier molecular flexibility index (Phi) is 14.6. The van der Waals surface area contributed by atoms with Gasteiger partial charge in [0.15, 0.2) is 0 Å². The number of azo groups is 1. The average molecular weight is 835 g/mol. The van der Waals surface area contributed by atoms with Gasteiger partial charge < -0.3 is 9.47 Å². The van der Waals surface area contributed by atoms with Crippen LogP contribution in [0.2, 0.25) is 19.1 Å². The van der Waals surface area contributed by atoms with Crippen molar-refractivity contribution in [2.45, 2.75) is 149 Å². The minimum absolute atomic E-state index is 0.0250. The highest BCUT2D eigenvalue weighted by Gasteiger charge is 2.51. The summed E-state index contributed by atoms with van der Waals surface area (Å²) >= 11 is 6.48. The maximum atomic E-state index is 14.0. The van der Waals surface area contributed by atoms with Gasteiger partial charge in [-0.15, -0.1) is 0 Å². The Bertz CT molecular complexity index is 2010. The van der Waals surface area contributed by atoms with Crippen LogP contribution in [0.25, 0.3) is 22.3 Å². The first-order valence-corrected chi connectivity index (χ1v) is 26.5.